The van der Waals surface area contributed by atoms with Crippen LogP contribution in [-0.2, 0) is 17.6 Å². The van der Waals surface area contributed by atoms with E-state index in [4.69, 9.17) is 5.73 Å². The number of hydrogen-bond acceptors (Lipinski definition) is 5. The Morgan fingerprint density at radius 3 is 3.00 bits per heavy atom. The summed E-state index contributed by atoms with van der Waals surface area (Å²) >= 11 is 2.84. The van der Waals surface area contributed by atoms with E-state index in [0.29, 0.717) is 10.6 Å². The maximum atomic E-state index is 12.4. The van der Waals surface area contributed by atoms with Gasteiger partial charge in [-0.15, -0.1) is 11.3 Å². The molecule has 0 bridgehead atoms. The van der Waals surface area contributed by atoms with Gasteiger partial charge in [-0.25, -0.2) is 4.98 Å². The fraction of sp³-hybridized carbons (Fsp3) is 0.278. The summed E-state index contributed by atoms with van der Waals surface area (Å²) in [5, 5.41) is 4.23. The van der Waals surface area contributed by atoms with Crippen LogP contribution < -0.4 is 11.1 Å². The predicted molar refractivity (Wildman–Crippen MR) is 104 cm³/mol. The molecule has 0 aromatic carbocycles. The molecule has 2 amide bonds. The van der Waals surface area contributed by atoms with Gasteiger partial charge in [0.15, 0.2) is 5.16 Å². The number of rotatable bonds is 5. The molecule has 4 rings (SSSR count). The van der Waals surface area contributed by atoms with Crippen molar-refractivity contribution in [2.45, 2.75) is 30.8 Å². The number of imidazole rings is 1. The number of amides is 2. The molecule has 0 aliphatic heterocycles. The molecule has 26 heavy (non-hydrogen) atoms. The van der Waals surface area contributed by atoms with E-state index >= 15 is 0 Å². The lowest BCUT2D eigenvalue weighted by atomic mass is 9.95. The van der Waals surface area contributed by atoms with Crippen molar-refractivity contribution in [1.29, 1.82) is 0 Å². The third-order valence-electron chi connectivity index (χ3n) is 4.41. The highest BCUT2D eigenvalue weighted by molar-refractivity contribution is 7.99. The van der Waals surface area contributed by atoms with Crippen LogP contribution in [0.5, 0.6) is 0 Å². The maximum Gasteiger partial charge on any atom is 0.251 e. The average Bonchev–Trinajstić information content (AvgIpc) is 3.20. The smallest absolute Gasteiger partial charge is 0.251 e. The highest BCUT2D eigenvalue weighted by Crippen LogP contribution is 2.38. The van der Waals surface area contributed by atoms with Crippen LogP contribution in [0.1, 0.15) is 33.6 Å². The Kier molecular flexibility index (Phi) is 4.69. The highest BCUT2D eigenvalue weighted by Gasteiger charge is 2.25. The molecule has 6 nitrogen and oxygen atoms in total. The molecule has 3 aromatic heterocycles. The summed E-state index contributed by atoms with van der Waals surface area (Å²) in [6.07, 6.45) is 7.67. The lowest BCUT2D eigenvalue weighted by Gasteiger charge is -2.11. The summed E-state index contributed by atoms with van der Waals surface area (Å²) in [5.41, 5.74) is 8.07. The number of thiophene rings is 1. The van der Waals surface area contributed by atoms with Crippen molar-refractivity contribution in [3.05, 3.63) is 46.6 Å². The highest BCUT2D eigenvalue weighted by atomic mass is 32.2. The first-order valence-corrected chi connectivity index (χ1v) is 10.2. The van der Waals surface area contributed by atoms with Gasteiger partial charge in [-0.2, -0.15) is 0 Å². The van der Waals surface area contributed by atoms with Crippen molar-refractivity contribution in [3.8, 4) is 0 Å². The van der Waals surface area contributed by atoms with Crippen LogP contribution in [0.2, 0.25) is 0 Å². The molecule has 8 heteroatoms. The van der Waals surface area contributed by atoms with Crippen LogP contribution in [0.15, 0.2) is 35.7 Å². The van der Waals surface area contributed by atoms with Crippen LogP contribution >= 0.6 is 23.1 Å². The number of hydrogen-bond donors (Lipinski definition) is 2. The molecule has 0 atom stereocenters. The molecule has 3 heterocycles. The zero-order valence-corrected chi connectivity index (χ0v) is 15.7. The van der Waals surface area contributed by atoms with E-state index in [-0.39, 0.29) is 11.7 Å². The number of aromatic nitrogens is 2. The van der Waals surface area contributed by atoms with E-state index in [0.717, 1.165) is 41.9 Å². The minimum absolute atomic E-state index is 0.163. The van der Waals surface area contributed by atoms with Crippen LogP contribution in [0, 0.1) is 0 Å². The van der Waals surface area contributed by atoms with Crippen LogP contribution in [0.4, 0.5) is 5.00 Å². The lowest BCUT2D eigenvalue weighted by molar-refractivity contribution is -0.113. The Morgan fingerprint density at radius 1 is 1.31 bits per heavy atom. The van der Waals surface area contributed by atoms with Gasteiger partial charge in [-0.1, -0.05) is 17.8 Å². The van der Waals surface area contributed by atoms with Crippen molar-refractivity contribution in [2.24, 2.45) is 5.73 Å². The van der Waals surface area contributed by atoms with Gasteiger partial charge >= 0.3 is 0 Å². The standard InChI is InChI=1S/C18H18N4O2S2/c19-16(24)15-12-6-1-2-7-13(12)26-17(15)21-14(23)10-25-18-20-9-11-5-3-4-8-22(11)18/h3-5,8-9H,1-2,6-7,10H2,(H2,19,24)(H,21,23). The quantitative estimate of drug-likeness (QED) is 0.660. The molecule has 0 spiro atoms. The summed E-state index contributed by atoms with van der Waals surface area (Å²) < 4.78 is 1.94. The van der Waals surface area contributed by atoms with Gasteiger partial charge in [0.1, 0.15) is 5.00 Å². The first-order valence-electron chi connectivity index (χ1n) is 8.42. The van der Waals surface area contributed by atoms with E-state index in [1.807, 2.05) is 28.8 Å². The lowest BCUT2D eigenvalue weighted by Crippen LogP contribution is -2.19. The molecule has 3 N–H and O–H groups in total. The van der Waals surface area contributed by atoms with Gasteiger partial charge < -0.3 is 11.1 Å². The van der Waals surface area contributed by atoms with Crippen molar-refractivity contribution >= 4 is 45.4 Å². The topological polar surface area (TPSA) is 89.5 Å². The number of primary amides is 1. The van der Waals surface area contributed by atoms with Gasteiger partial charge in [0, 0.05) is 11.1 Å². The molecular formula is C18H18N4O2S2. The van der Waals surface area contributed by atoms with Crippen molar-refractivity contribution in [1.82, 2.24) is 9.38 Å². The van der Waals surface area contributed by atoms with E-state index in [1.165, 1.54) is 28.0 Å². The SMILES string of the molecule is NC(=O)c1c(NC(=O)CSc2ncc3ccccn23)sc2c1CCCC2. The fourth-order valence-corrected chi connectivity index (χ4v) is 5.31. The summed E-state index contributed by atoms with van der Waals surface area (Å²) in [4.78, 5) is 29.8. The second-order valence-electron chi connectivity index (χ2n) is 6.15. The van der Waals surface area contributed by atoms with E-state index < -0.39 is 5.91 Å². The number of carbonyl (C=O) groups excluding carboxylic acids is 2. The molecule has 0 saturated carbocycles. The molecule has 0 fully saturated rings. The first-order chi connectivity index (χ1) is 12.6. The second-order valence-corrected chi connectivity index (χ2v) is 8.20. The Balaban J connectivity index is 1.48. The number of aryl methyl sites for hydroxylation is 1. The number of fused-ring (bicyclic) bond motifs is 2. The Hall–Kier alpha value is -2.32. The average molecular weight is 387 g/mol. The Morgan fingerprint density at radius 2 is 2.15 bits per heavy atom. The normalized spacial score (nSPS) is 13.5. The minimum Gasteiger partial charge on any atom is -0.365 e. The van der Waals surface area contributed by atoms with Crippen LogP contribution in [0.3, 0.4) is 0 Å². The van der Waals surface area contributed by atoms with Gasteiger partial charge in [-0.3, -0.25) is 14.0 Å². The molecule has 0 saturated heterocycles. The fourth-order valence-electron chi connectivity index (χ4n) is 3.23. The minimum atomic E-state index is -0.466. The molecule has 134 valence electrons. The van der Waals surface area contributed by atoms with Gasteiger partial charge in [-0.05, 0) is 43.4 Å². The Bertz CT molecular complexity index is 992. The van der Waals surface area contributed by atoms with Crippen LogP contribution in [0.25, 0.3) is 5.52 Å². The molecule has 3 aromatic rings. The number of nitrogens with zero attached hydrogens (tertiary/aromatic N) is 2. The molecule has 0 radical (unpaired) electrons. The largest absolute Gasteiger partial charge is 0.365 e. The predicted octanol–water partition coefficient (Wildman–Crippen LogP) is 3.10. The van der Waals surface area contributed by atoms with Crippen molar-refractivity contribution in [3.63, 3.8) is 0 Å². The second kappa shape index (κ2) is 7.13. The summed E-state index contributed by atoms with van der Waals surface area (Å²) in [6.45, 7) is 0. The van der Waals surface area contributed by atoms with E-state index in [2.05, 4.69) is 10.3 Å². The number of anilines is 1. The monoisotopic (exact) mass is 386 g/mol. The molecular weight excluding hydrogens is 368 g/mol. The van der Waals surface area contributed by atoms with Gasteiger partial charge in [0.05, 0.1) is 23.0 Å². The number of carbonyl (C=O) groups is 2. The van der Waals surface area contributed by atoms with Gasteiger partial charge in [0.2, 0.25) is 5.91 Å². The third kappa shape index (κ3) is 3.22. The van der Waals surface area contributed by atoms with E-state index in [9.17, 15) is 9.59 Å². The summed E-state index contributed by atoms with van der Waals surface area (Å²) in [6, 6.07) is 5.84. The van der Waals surface area contributed by atoms with Crippen molar-refractivity contribution in [2.75, 3.05) is 11.1 Å². The molecule has 0 unspecified atom stereocenters. The number of nitrogens with one attached hydrogen (secondary N) is 1. The maximum absolute atomic E-state index is 12.4. The van der Waals surface area contributed by atoms with Crippen molar-refractivity contribution < 1.29 is 9.59 Å². The first kappa shape index (κ1) is 17.1. The zero-order valence-electron chi connectivity index (χ0n) is 14.0. The van der Waals surface area contributed by atoms with E-state index in [1.54, 1.807) is 6.20 Å². The molecule has 1 aliphatic carbocycles. The summed E-state index contributed by atoms with van der Waals surface area (Å²) in [5.74, 6) is -0.412. The number of nitrogens with two attached hydrogens (primary N) is 1. The number of pyridine rings is 1. The van der Waals surface area contributed by atoms with Crippen LogP contribution in [-0.4, -0.2) is 27.0 Å². The third-order valence-corrected chi connectivity index (χ3v) is 6.58. The van der Waals surface area contributed by atoms with Gasteiger partial charge in [0.25, 0.3) is 5.91 Å². The summed E-state index contributed by atoms with van der Waals surface area (Å²) in [7, 11) is 0. The molecule has 1 aliphatic rings. The number of thioether (sulfide) groups is 1. The zero-order chi connectivity index (χ0) is 18.1. The Labute approximate surface area is 158 Å².